The van der Waals surface area contributed by atoms with Crippen LogP contribution in [0.2, 0.25) is 0 Å². The molecule has 2 heterocycles. The van der Waals surface area contributed by atoms with Gasteiger partial charge < -0.3 is 30.5 Å². The number of benzene rings is 2. The number of nitrogens with zero attached hydrogens (tertiary/aromatic N) is 4. The smallest absolute Gasteiger partial charge is 0.421 e. The molecule has 3 aromatic rings. The zero-order valence-corrected chi connectivity index (χ0v) is 22.6. The molecule has 1 aliphatic rings. The molecule has 1 fully saturated rings. The first-order valence-electron chi connectivity index (χ1n) is 12.8. The number of anilines is 6. The highest BCUT2D eigenvalue weighted by Gasteiger charge is 2.35. The molecular formula is C28H30F3N7O3. The van der Waals surface area contributed by atoms with E-state index in [4.69, 9.17) is 4.74 Å². The van der Waals surface area contributed by atoms with E-state index in [0.29, 0.717) is 55.9 Å². The standard InChI is InChI=1S/C28H30F3N7O3/c1-4-24(39)33-18-7-6-8-19(15-18)34-26-21(28(29,30)31)17-32-27(36-26)35-22-10-9-20(16-23(22)41-3)37-11-13-38(14-12-37)25(40)5-2/h4,6-10,15-17H,1,5,11-14H2,2-3H3,(H,33,39)(H2,32,34,35,36). The molecule has 0 bridgehead atoms. The summed E-state index contributed by atoms with van der Waals surface area (Å²) in [5.41, 5.74) is 0.909. The van der Waals surface area contributed by atoms with E-state index >= 15 is 0 Å². The SMILES string of the molecule is C=CC(=O)Nc1cccc(Nc2nc(Nc3ccc(N4CCN(C(=O)CC)CC4)cc3OC)ncc2C(F)(F)F)c1. The third-order valence-electron chi connectivity index (χ3n) is 6.40. The summed E-state index contributed by atoms with van der Waals surface area (Å²) in [6, 6.07) is 11.6. The first-order valence-corrected chi connectivity index (χ1v) is 12.8. The zero-order chi connectivity index (χ0) is 29.6. The molecule has 13 heteroatoms. The molecular weight excluding hydrogens is 539 g/mol. The fourth-order valence-corrected chi connectivity index (χ4v) is 4.29. The van der Waals surface area contributed by atoms with Crippen LogP contribution in [-0.2, 0) is 15.8 Å². The number of carbonyl (C=O) groups is 2. The van der Waals surface area contributed by atoms with Crippen molar-refractivity contribution in [1.29, 1.82) is 0 Å². The molecule has 0 aliphatic carbocycles. The molecule has 1 aliphatic heterocycles. The number of halogens is 3. The number of methoxy groups -OCH3 is 1. The Morgan fingerprint density at radius 1 is 1.07 bits per heavy atom. The van der Waals surface area contributed by atoms with Crippen molar-refractivity contribution in [3.05, 3.63) is 66.9 Å². The molecule has 10 nitrogen and oxygen atoms in total. The number of hydrogen-bond acceptors (Lipinski definition) is 8. The monoisotopic (exact) mass is 569 g/mol. The first-order chi connectivity index (χ1) is 19.6. The number of piperazine rings is 1. The highest BCUT2D eigenvalue weighted by Crippen LogP contribution is 2.37. The Morgan fingerprint density at radius 2 is 1.80 bits per heavy atom. The van der Waals surface area contributed by atoms with Gasteiger partial charge in [-0.05, 0) is 36.4 Å². The van der Waals surface area contributed by atoms with Crippen LogP contribution in [0.5, 0.6) is 5.75 Å². The largest absolute Gasteiger partial charge is 0.494 e. The van der Waals surface area contributed by atoms with E-state index in [1.54, 1.807) is 24.3 Å². The third-order valence-corrected chi connectivity index (χ3v) is 6.40. The van der Waals surface area contributed by atoms with Gasteiger partial charge >= 0.3 is 6.18 Å². The summed E-state index contributed by atoms with van der Waals surface area (Å²) in [6.45, 7) is 7.79. The van der Waals surface area contributed by atoms with Gasteiger partial charge in [-0.15, -0.1) is 0 Å². The van der Waals surface area contributed by atoms with Gasteiger partial charge in [0.2, 0.25) is 17.8 Å². The van der Waals surface area contributed by atoms with Gasteiger partial charge in [0.05, 0.1) is 12.8 Å². The summed E-state index contributed by atoms with van der Waals surface area (Å²) < 4.78 is 46.9. The van der Waals surface area contributed by atoms with E-state index in [-0.39, 0.29) is 17.5 Å². The van der Waals surface area contributed by atoms with Gasteiger partial charge in [0, 0.05) is 61.9 Å². The van der Waals surface area contributed by atoms with E-state index in [2.05, 4.69) is 37.4 Å². The Bertz CT molecular complexity index is 1420. The van der Waals surface area contributed by atoms with Crippen molar-refractivity contribution >= 4 is 46.3 Å². The van der Waals surface area contributed by atoms with Gasteiger partial charge in [0.25, 0.3) is 0 Å². The number of alkyl halides is 3. The van der Waals surface area contributed by atoms with Crippen LogP contribution in [0.4, 0.5) is 47.7 Å². The zero-order valence-electron chi connectivity index (χ0n) is 22.6. The second-order valence-corrected chi connectivity index (χ2v) is 9.08. The van der Waals surface area contributed by atoms with Gasteiger partial charge in [-0.1, -0.05) is 19.6 Å². The number of amides is 2. The van der Waals surface area contributed by atoms with Crippen LogP contribution < -0.4 is 25.6 Å². The van der Waals surface area contributed by atoms with Gasteiger partial charge in [-0.3, -0.25) is 9.59 Å². The minimum Gasteiger partial charge on any atom is -0.494 e. The van der Waals surface area contributed by atoms with E-state index in [9.17, 15) is 22.8 Å². The van der Waals surface area contributed by atoms with Crippen molar-refractivity contribution in [2.24, 2.45) is 0 Å². The van der Waals surface area contributed by atoms with Crippen molar-refractivity contribution in [3.8, 4) is 5.75 Å². The Kier molecular flexibility index (Phi) is 8.95. The van der Waals surface area contributed by atoms with Crippen molar-refractivity contribution < 1.29 is 27.5 Å². The highest BCUT2D eigenvalue weighted by molar-refractivity contribution is 5.99. The topological polar surface area (TPSA) is 112 Å². The molecule has 1 aromatic heterocycles. The van der Waals surface area contributed by atoms with Gasteiger partial charge in [0.1, 0.15) is 17.1 Å². The average molecular weight is 570 g/mol. The Morgan fingerprint density at radius 3 is 2.46 bits per heavy atom. The van der Waals surface area contributed by atoms with Crippen molar-refractivity contribution in [1.82, 2.24) is 14.9 Å². The predicted octanol–water partition coefficient (Wildman–Crippen LogP) is 5.17. The summed E-state index contributed by atoms with van der Waals surface area (Å²) in [7, 11) is 1.49. The summed E-state index contributed by atoms with van der Waals surface area (Å²) in [4.78, 5) is 35.5. The van der Waals surface area contributed by atoms with Crippen LogP contribution in [-0.4, -0.2) is 60.0 Å². The van der Waals surface area contributed by atoms with E-state index in [1.807, 2.05) is 24.0 Å². The molecule has 1 saturated heterocycles. The number of ether oxygens (including phenoxy) is 1. The first kappa shape index (κ1) is 29.2. The molecule has 3 N–H and O–H groups in total. The van der Waals surface area contributed by atoms with Crippen molar-refractivity contribution in [2.45, 2.75) is 19.5 Å². The molecule has 0 saturated carbocycles. The molecule has 0 radical (unpaired) electrons. The number of nitrogens with one attached hydrogen (secondary N) is 3. The van der Waals surface area contributed by atoms with Crippen LogP contribution in [0.15, 0.2) is 61.3 Å². The summed E-state index contributed by atoms with van der Waals surface area (Å²) in [5, 5.41) is 8.18. The number of aromatic nitrogens is 2. The molecule has 41 heavy (non-hydrogen) atoms. The lowest BCUT2D eigenvalue weighted by Gasteiger charge is -2.36. The second-order valence-electron chi connectivity index (χ2n) is 9.08. The second kappa shape index (κ2) is 12.6. The number of rotatable bonds is 9. The van der Waals surface area contributed by atoms with E-state index < -0.39 is 23.5 Å². The maximum absolute atomic E-state index is 13.8. The van der Waals surface area contributed by atoms with E-state index in [1.165, 1.54) is 13.2 Å². The lowest BCUT2D eigenvalue weighted by Crippen LogP contribution is -2.48. The molecule has 216 valence electrons. The minimum atomic E-state index is -4.72. The van der Waals surface area contributed by atoms with Gasteiger partial charge in [0.15, 0.2) is 0 Å². The van der Waals surface area contributed by atoms with Crippen LogP contribution in [0.3, 0.4) is 0 Å². The van der Waals surface area contributed by atoms with Crippen LogP contribution >= 0.6 is 0 Å². The fourth-order valence-electron chi connectivity index (χ4n) is 4.29. The van der Waals surface area contributed by atoms with Crippen molar-refractivity contribution in [2.75, 3.05) is 54.1 Å². The average Bonchev–Trinajstić information content (AvgIpc) is 2.96. The lowest BCUT2D eigenvalue weighted by atomic mass is 10.2. The molecule has 4 rings (SSSR count). The maximum Gasteiger partial charge on any atom is 0.421 e. The molecule has 2 amide bonds. The molecule has 0 spiro atoms. The van der Waals surface area contributed by atoms with Crippen LogP contribution in [0.25, 0.3) is 0 Å². The summed E-state index contributed by atoms with van der Waals surface area (Å²) in [6.07, 6.45) is -2.47. The molecule has 0 atom stereocenters. The van der Waals surface area contributed by atoms with E-state index in [0.717, 1.165) is 11.8 Å². The Hall–Kier alpha value is -4.81. The lowest BCUT2D eigenvalue weighted by molar-refractivity contribution is -0.137. The minimum absolute atomic E-state index is 0.0886. The summed E-state index contributed by atoms with van der Waals surface area (Å²) >= 11 is 0. The third kappa shape index (κ3) is 7.24. The van der Waals surface area contributed by atoms with Gasteiger partial charge in [-0.2, -0.15) is 18.2 Å². The highest BCUT2D eigenvalue weighted by atomic mass is 19.4. The summed E-state index contributed by atoms with van der Waals surface area (Å²) in [5.74, 6) is -0.454. The normalized spacial score (nSPS) is 13.4. The number of hydrogen-bond donors (Lipinski definition) is 3. The maximum atomic E-state index is 13.8. The Labute approximate surface area is 235 Å². The predicted molar refractivity (Wildman–Crippen MR) is 151 cm³/mol. The fraction of sp³-hybridized carbons (Fsp3) is 0.286. The van der Waals surface area contributed by atoms with Crippen LogP contribution in [0, 0.1) is 0 Å². The van der Waals surface area contributed by atoms with Crippen LogP contribution in [0.1, 0.15) is 18.9 Å². The van der Waals surface area contributed by atoms with Gasteiger partial charge in [-0.25, -0.2) is 4.98 Å². The number of carbonyl (C=O) groups excluding carboxylic acids is 2. The molecule has 0 unspecified atom stereocenters. The quantitative estimate of drug-likeness (QED) is 0.303. The van der Waals surface area contributed by atoms with Crippen molar-refractivity contribution in [3.63, 3.8) is 0 Å². The molecule has 2 aromatic carbocycles. The Balaban J connectivity index is 1.55.